The van der Waals surface area contributed by atoms with Crippen LogP contribution in [0.4, 0.5) is 11.4 Å². The maximum Gasteiger partial charge on any atom is 0.115 e. The third-order valence-corrected chi connectivity index (χ3v) is 10.7. The number of benzene rings is 4. The van der Waals surface area contributed by atoms with Gasteiger partial charge in [-0.2, -0.15) is 0 Å². The van der Waals surface area contributed by atoms with Gasteiger partial charge in [-0.15, -0.1) is 0 Å². The second-order valence-electron chi connectivity index (χ2n) is 17.0. The molecule has 1 aliphatic rings. The summed E-state index contributed by atoms with van der Waals surface area (Å²) in [6.45, 7) is 26.3. The van der Waals surface area contributed by atoms with Crippen molar-refractivity contribution in [1.29, 1.82) is 0 Å². The first-order valence-corrected chi connectivity index (χ1v) is 22.0. The Kier molecular flexibility index (Phi) is 21.1. The van der Waals surface area contributed by atoms with Crippen LogP contribution in [0.25, 0.3) is 10.9 Å². The number of anilines is 2. The molecule has 4 aromatic carbocycles. The van der Waals surface area contributed by atoms with Crippen molar-refractivity contribution in [2.45, 2.75) is 99.0 Å². The SMILES string of the molecule is CC(C)N1CCN(c2ccc(O)cc2)CC1.CC(C)c1ccc(N(C)C)cc1.CC(C)c1ccc2ncccc2c1.CC(C)c1cccc(Cl)c1.CC(C)c1ccccn1. The topological polar surface area (TPSA) is 55.7 Å². The third-order valence-electron chi connectivity index (χ3n) is 10.4. The number of pyridine rings is 2. The lowest BCUT2D eigenvalue weighted by molar-refractivity contribution is 0.209. The third kappa shape index (κ3) is 17.4. The number of aromatic hydroxyl groups is 1. The van der Waals surface area contributed by atoms with Gasteiger partial charge in [0.1, 0.15) is 5.75 Å². The molecular weight excluding hydrogens is 758 g/mol. The fourth-order valence-corrected chi connectivity index (χ4v) is 6.55. The molecule has 7 heteroatoms. The van der Waals surface area contributed by atoms with Gasteiger partial charge in [0, 0.05) is 86.2 Å². The van der Waals surface area contributed by atoms with Crippen LogP contribution in [-0.4, -0.2) is 66.3 Å². The van der Waals surface area contributed by atoms with E-state index in [4.69, 9.17) is 11.6 Å². The van der Waals surface area contributed by atoms with E-state index in [2.05, 4.69) is 163 Å². The van der Waals surface area contributed by atoms with Crippen LogP contribution in [0, 0.1) is 0 Å². The highest BCUT2D eigenvalue weighted by Gasteiger charge is 2.18. The predicted molar refractivity (Wildman–Crippen MR) is 262 cm³/mol. The first-order chi connectivity index (χ1) is 28.5. The highest BCUT2D eigenvalue weighted by molar-refractivity contribution is 6.30. The molecule has 1 aliphatic heterocycles. The van der Waals surface area contributed by atoms with E-state index in [0.29, 0.717) is 35.5 Å². The summed E-state index contributed by atoms with van der Waals surface area (Å²) in [7, 11) is 4.12. The molecule has 0 atom stereocenters. The molecular formula is C53H72ClN5O. The van der Waals surface area contributed by atoms with Gasteiger partial charge in [0.2, 0.25) is 0 Å². The van der Waals surface area contributed by atoms with Crippen molar-refractivity contribution in [3.63, 3.8) is 0 Å². The quantitative estimate of drug-likeness (QED) is 0.173. The van der Waals surface area contributed by atoms with Crippen molar-refractivity contribution in [2.24, 2.45) is 0 Å². The molecule has 60 heavy (non-hydrogen) atoms. The molecule has 0 spiro atoms. The van der Waals surface area contributed by atoms with Crippen LogP contribution in [0.15, 0.2) is 134 Å². The maximum absolute atomic E-state index is 9.24. The first-order valence-electron chi connectivity index (χ1n) is 21.6. The summed E-state index contributed by atoms with van der Waals surface area (Å²) in [4.78, 5) is 15.4. The van der Waals surface area contributed by atoms with Gasteiger partial charge >= 0.3 is 0 Å². The van der Waals surface area contributed by atoms with Crippen molar-refractivity contribution < 1.29 is 5.11 Å². The predicted octanol–water partition coefficient (Wildman–Crippen LogP) is 13.8. The molecule has 322 valence electrons. The van der Waals surface area contributed by atoms with Gasteiger partial charge in [-0.05, 0) is 133 Å². The largest absolute Gasteiger partial charge is 0.508 e. The van der Waals surface area contributed by atoms with Crippen LogP contribution in [0.2, 0.25) is 5.02 Å². The smallest absolute Gasteiger partial charge is 0.115 e. The first kappa shape index (κ1) is 49.5. The second kappa shape index (κ2) is 25.7. The van der Waals surface area contributed by atoms with Crippen molar-refractivity contribution in [3.05, 3.63) is 161 Å². The Bertz CT molecular complexity index is 2030. The Hall–Kier alpha value is -4.91. The fraction of sp³-hybridized carbons (Fsp3) is 0.396. The van der Waals surface area contributed by atoms with Gasteiger partial charge in [0.25, 0.3) is 0 Å². The van der Waals surface area contributed by atoms with Crippen LogP contribution < -0.4 is 9.80 Å². The number of fused-ring (bicyclic) bond motifs is 1. The van der Waals surface area contributed by atoms with E-state index in [-0.39, 0.29) is 0 Å². The summed E-state index contributed by atoms with van der Waals surface area (Å²) in [6, 6.07) is 41.4. The number of nitrogens with zero attached hydrogens (tertiary/aromatic N) is 5. The summed E-state index contributed by atoms with van der Waals surface area (Å²) < 4.78 is 0. The number of phenolic OH excluding ortho intramolecular Hbond substituents is 1. The van der Waals surface area contributed by atoms with Crippen LogP contribution in [-0.2, 0) is 0 Å². The Morgan fingerprint density at radius 3 is 1.62 bits per heavy atom. The van der Waals surface area contributed by atoms with E-state index >= 15 is 0 Å². The Labute approximate surface area is 368 Å². The molecule has 0 aliphatic carbocycles. The number of aromatic nitrogens is 2. The van der Waals surface area contributed by atoms with Crippen LogP contribution >= 0.6 is 11.6 Å². The normalized spacial score (nSPS) is 12.5. The van der Waals surface area contributed by atoms with E-state index in [1.165, 1.54) is 33.5 Å². The Morgan fingerprint density at radius 2 is 1.13 bits per heavy atom. The van der Waals surface area contributed by atoms with Gasteiger partial charge < -0.3 is 14.9 Å². The minimum Gasteiger partial charge on any atom is -0.508 e. The number of hydrogen-bond acceptors (Lipinski definition) is 6. The van der Waals surface area contributed by atoms with Crippen LogP contribution in [0.5, 0.6) is 5.75 Å². The van der Waals surface area contributed by atoms with E-state index in [1.54, 1.807) is 12.1 Å². The molecule has 0 saturated carbocycles. The zero-order chi connectivity index (χ0) is 44.2. The summed E-state index contributed by atoms with van der Waals surface area (Å²) >= 11 is 5.79. The van der Waals surface area contributed by atoms with Gasteiger partial charge in [0.15, 0.2) is 0 Å². The molecule has 1 N–H and O–H groups in total. The standard InChI is InChI=1S/C13H20N2O.C12H13N.C11H17N.C9H11Cl.C8H11N/c1-11(2)14-7-9-15(10-8-14)12-3-5-13(16)6-4-12;1-9(2)10-5-6-12-11(8-10)4-3-7-13-12;1-9(2)10-5-7-11(8-6-10)12(3)4;1-7(2)8-4-3-5-9(10)6-8;1-7(2)8-5-3-4-6-9-8/h3-6,11,16H,7-10H2,1-2H3;3-9H,1-2H3;5-9H,1-4H3;3-7H,1-2H3;3-7H,1-2H3. The minimum absolute atomic E-state index is 0.338. The van der Waals surface area contributed by atoms with Gasteiger partial charge in [0.05, 0.1) is 5.52 Å². The highest BCUT2D eigenvalue weighted by Crippen LogP contribution is 2.22. The summed E-state index contributed by atoms with van der Waals surface area (Å²) in [5, 5.41) is 11.3. The van der Waals surface area contributed by atoms with Crippen molar-refractivity contribution in [3.8, 4) is 5.75 Å². The maximum atomic E-state index is 9.24. The zero-order valence-corrected chi connectivity index (χ0v) is 39.2. The summed E-state index contributed by atoms with van der Waals surface area (Å²) in [6.07, 6.45) is 3.66. The molecule has 7 rings (SSSR count). The minimum atomic E-state index is 0.338. The number of halogens is 1. The summed E-state index contributed by atoms with van der Waals surface area (Å²) in [5.41, 5.74) is 8.79. The molecule has 3 heterocycles. The van der Waals surface area contributed by atoms with Crippen LogP contribution in [0.1, 0.15) is 115 Å². The van der Waals surface area contributed by atoms with Crippen LogP contribution in [0.3, 0.4) is 0 Å². The van der Waals surface area contributed by atoms with Crippen molar-refractivity contribution >= 4 is 33.9 Å². The van der Waals surface area contributed by atoms with E-state index in [1.807, 2.05) is 67.0 Å². The van der Waals surface area contributed by atoms with Crippen molar-refractivity contribution in [2.75, 3.05) is 50.1 Å². The lowest BCUT2D eigenvalue weighted by atomic mass is 10.0. The monoisotopic (exact) mass is 830 g/mol. The molecule has 1 fully saturated rings. The van der Waals surface area contributed by atoms with Crippen molar-refractivity contribution in [1.82, 2.24) is 14.9 Å². The average molecular weight is 831 g/mol. The van der Waals surface area contributed by atoms with Gasteiger partial charge in [-0.25, -0.2) is 0 Å². The number of rotatable bonds is 7. The molecule has 2 aromatic heterocycles. The zero-order valence-electron chi connectivity index (χ0n) is 38.5. The Balaban J connectivity index is 0.000000203. The molecule has 0 bridgehead atoms. The molecule has 0 unspecified atom stereocenters. The van der Waals surface area contributed by atoms with Gasteiger partial charge in [-0.3, -0.25) is 14.9 Å². The molecule has 0 radical (unpaired) electrons. The lowest BCUT2D eigenvalue weighted by Crippen LogP contribution is -2.48. The van der Waals surface area contributed by atoms with Gasteiger partial charge in [-0.1, -0.05) is 109 Å². The van der Waals surface area contributed by atoms with E-state index in [9.17, 15) is 5.11 Å². The fourth-order valence-electron chi connectivity index (χ4n) is 6.35. The number of phenols is 1. The van der Waals surface area contributed by atoms with E-state index < -0.39 is 0 Å². The van der Waals surface area contributed by atoms with E-state index in [0.717, 1.165) is 42.4 Å². The summed E-state index contributed by atoms with van der Waals surface area (Å²) in [5.74, 6) is 2.67. The second-order valence-corrected chi connectivity index (χ2v) is 17.4. The molecule has 1 saturated heterocycles. The average Bonchev–Trinajstić information content (AvgIpc) is 3.25. The highest BCUT2D eigenvalue weighted by atomic mass is 35.5. The molecule has 0 amide bonds. The lowest BCUT2D eigenvalue weighted by Gasteiger charge is -2.38. The Morgan fingerprint density at radius 1 is 0.550 bits per heavy atom. The number of hydrogen-bond donors (Lipinski definition) is 1. The number of piperazine rings is 1. The molecule has 6 nitrogen and oxygen atoms in total. The molecule has 6 aromatic rings.